The molecule has 2 atom stereocenters. The van der Waals surface area contributed by atoms with Crippen LogP contribution in [0.2, 0.25) is 0 Å². The van der Waals surface area contributed by atoms with E-state index in [9.17, 15) is 13.2 Å². The highest BCUT2D eigenvalue weighted by atomic mass is 19.4. The van der Waals surface area contributed by atoms with Gasteiger partial charge in [0.15, 0.2) is 0 Å². The second-order valence-corrected chi connectivity index (χ2v) is 6.73. The van der Waals surface area contributed by atoms with Crippen LogP contribution in [0.1, 0.15) is 49.7 Å². The number of halogens is 3. The summed E-state index contributed by atoms with van der Waals surface area (Å²) < 4.78 is 37.7. The zero-order valence-electron chi connectivity index (χ0n) is 12.9. The van der Waals surface area contributed by atoms with E-state index in [0.717, 1.165) is 30.4 Å². The van der Waals surface area contributed by atoms with E-state index in [0.29, 0.717) is 0 Å². The zero-order valence-corrected chi connectivity index (χ0v) is 12.9. The minimum Gasteiger partial charge on any atom is -0.300 e. The normalized spacial score (nSPS) is 26.7. The minimum absolute atomic E-state index is 0.549. The lowest BCUT2D eigenvalue weighted by molar-refractivity contribution is -0.137. The molecule has 1 aliphatic heterocycles. The van der Waals surface area contributed by atoms with Crippen LogP contribution < -0.4 is 0 Å². The van der Waals surface area contributed by atoms with Crippen LogP contribution in [-0.2, 0) is 12.6 Å². The fourth-order valence-electron chi connectivity index (χ4n) is 3.89. The molecule has 1 aromatic carbocycles. The summed E-state index contributed by atoms with van der Waals surface area (Å²) in [4.78, 5) is 2.61. The summed E-state index contributed by atoms with van der Waals surface area (Å²) in [6, 6.07) is 6.43. The zero-order chi connectivity index (χ0) is 15.6. The molecule has 0 bridgehead atoms. The van der Waals surface area contributed by atoms with Crippen molar-refractivity contribution in [2.45, 2.75) is 57.2 Å². The van der Waals surface area contributed by atoms with Crippen LogP contribution in [0.4, 0.5) is 13.2 Å². The van der Waals surface area contributed by atoms with Gasteiger partial charge in [-0.25, -0.2) is 0 Å². The first-order valence-corrected chi connectivity index (χ1v) is 8.44. The van der Waals surface area contributed by atoms with Crippen LogP contribution in [-0.4, -0.2) is 24.0 Å². The number of benzene rings is 1. The Morgan fingerprint density at radius 1 is 0.955 bits per heavy atom. The Morgan fingerprint density at radius 3 is 2.23 bits per heavy atom. The Bertz CT molecular complexity index is 476. The minimum atomic E-state index is -4.23. The third kappa shape index (κ3) is 3.65. The topological polar surface area (TPSA) is 3.24 Å². The second kappa shape index (κ2) is 6.61. The summed E-state index contributed by atoms with van der Waals surface area (Å²) in [6.45, 7) is 2.48. The van der Waals surface area contributed by atoms with E-state index >= 15 is 0 Å². The molecule has 1 heterocycles. The molecular weight excluding hydrogens is 287 g/mol. The van der Waals surface area contributed by atoms with Crippen LogP contribution >= 0.6 is 0 Å². The fraction of sp³-hybridized carbons (Fsp3) is 0.667. The van der Waals surface area contributed by atoms with Gasteiger partial charge in [0.2, 0.25) is 0 Å². The van der Waals surface area contributed by atoms with Crippen molar-refractivity contribution in [3.05, 3.63) is 35.4 Å². The van der Waals surface area contributed by atoms with Crippen molar-refractivity contribution < 1.29 is 13.2 Å². The lowest BCUT2D eigenvalue weighted by Gasteiger charge is -2.45. The number of nitrogens with zero attached hydrogens (tertiary/aromatic N) is 1. The molecule has 2 fully saturated rings. The van der Waals surface area contributed by atoms with Crippen LogP contribution in [0.25, 0.3) is 0 Å². The van der Waals surface area contributed by atoms with E-state index in [2.05, 4.69) is 4.90 Å². The fourth-order valence-corrected chi connectivity index (χ4v) is 3.89. The van der Waals surface area contributed by atoms with Gasteiger partial charge < -0.3 is 4.90 Å². The molecule has 1 aliphatic carbocycles. The molecule has 0 radical (unpaired) electrons. The summed E-state index contributed by atoms with van der Waals surface area (Å²) in [5.74, 6) is 0.719. The first-order valence-electron chi connectivity index (χ1n) is 8.44. The number of hydrogen-bond acceptors (Lipinski definition) is 1. The van der Waals surface area contributed by atoms with Crippen molar-refractivity contribution in [3.63, 3.8) is 0 Å². The van der Waals surface area contributed by atoms with Crippen LogP contribution in [0.5, 0.6) is 0 Å². The highest BCUT2D eigenvalue weighted by Crippen LogP contribution is 2.34. The molecule has 22 heavy (non-hydrogen) atoms. The summed E-state index contributed by atoms with van der Waals surface area (Å²) in [6.07, 6.45) is 4.31. The van der Waals surface area contributed by atoms with Crippen molar-refractivity contribution in [2.75, 3.05) is 13.1 Å². The molecule has 0 N–H and O–H groups in total. The Hall–Kier alpha value is -1.03. The van der Waals surface area contributed by atoms with Gasteiger partial charge in [0.1, 0.15) is 0 Å². The standard InChI is InChI=1S/C18H24F3N/c19-18(20,21)16-10-7-14(8-11-16)6-9-15-4-1-2-5-17(15)22-12-3-13-22/h7-8,10-11,15,17H,1-6,9,12-13H2. The van der Waals surface area contributed by atoms with E-state index in [1.807, 2.05) is 0 Å². The molecule has 1 nitrogen and oxygen atoms in total. The summed E-state index contributed by atoms with van der Waals surface area (Å²) in [5, 5.41) is 0. The van der Waals surface area contributed by atoms with Gasteiger partial charge in [0.25, 0.3) is 0 Å². The molecule has 1 aromatic rings. The Morgan fingerprint density at radius 2 is 1.64 bits per heavy atom. The number of hydrogen-bond donors (Lipinski definition) is 0. The van der Waals surface area contributed by atoms with E-state index in [-0.39, 0.29) is 0 Å². The van der Waals surface area contributed by atoms with Gasteiger partial charge in [-0.2, -0.15) is 13.2 Å². The first kappa shape index (κ1) is 15.9. The lowest BCUT2D eigenvalue weighted by atomic mass is 9.79. The van der Waals surface area contributed by atoms with Crippen molar-refractivity contribution >= 4 is 0 Å². The Labute approximate surface area is 130 Å². The predicted octanol–water partition coefficient (Wildman–Crippen LogP) is 4.90. The van der Waals surface area contributed by atoms with E-state index in [1.54, 1.807) is 12.1 Å². The van der Waals surface area contributed by atoms with Crippen LogP contribution in [0, 0.1) is 5.92 Å². The lowest BCUT2D eigenvalue weighted by Crippen LogP contribution is -2.49. The molecular formula is C18H24F3N. The molecule has 1 saturated carbocycles. The maximum Gasteiger partial charge on any atom is 0.416 e. The molecule has 2 unspecified atom stereocenters. The SMILES string of the molecule is FC(F)(F)c1ccc(CCC2CCCCC2N2CCC2)cc1. The number of rotatable bonds is 4. The average molecular weight is 311 g/mol. The number of alkyl halides is 3. The second-order valence-electron chi connectivity index (χ2n) is 6.73. The largest absolute Gasteiger partial charge is 0.416 e. The van der Waals surface area contributed by atoms with Gasteiger partial charge >= 0.3 is 6.18 Å². The maximum absolute atomic E-state index is 12.6. The van der Waals surface area contributed by atoms with Crippen LogP contribution in [0.3, 0.4) is 0 Å². The molecule has 4 heteroatoms. The van der Waals surface area contributed by atoms with Gasteiger partial charge in [0.05, 0.1) is 5.56 Å². The predicted molar refractivity (Wildman–Crippen MR) is 81.7 cm³/mol. The first-order chi connectivity index (χ1) is 10.5. The van der Waals surface area contributed by atoms with Gasteiger partial charge in [-0.15, -0.1) is 0 Å². The molecule has 0 spiro atoms. The molecule has 0 aromatic heterocycles. The smallest absolute Gasteiger partial charge is 0.300 e. The number of aryl methyl sites for hydroxylation is 1. The molecule has 3 rings (SSSR count). The van der Waals surface area contributed by atoms with Gasteiger partial charge in [-0.05, 0) is 68.8 Å². The molecule has 122 valence electrons. The maximum atomic E-state index is 12.6. The van der Waals surface area contributed by atoms with Gasteiger partial charge in [-0.1, -0.05) is 25.0 Å². The Balaban J connectivity index is 1.56. The Kier molecular flexibility index (Phi) is 4.76. The quantitative estimate of drug-likeness (QED) is 0.764. The van der Waals surface area contributed by atoms with Gasteiger partial charge in [-0.3, -0.25) is 0 Å². The van der Waals surface area contributed by atoms with Crippen molar-refractivity contribution in [2.24, 2.45) is 5.92 Å². The van der Waals surface area contributed by atoms with Crippen molar-refractivity contribution in [1.29, 1.82) is 0 Å². The van der Waals surface area contributed by atoms with E-state index in [4.69, 9.17) is 0 Å². The van der Waals surface area contributed by atoms with Crippen LogP contribution in [0.15, 0.2) is 24.3 Å². The summed E-state index contributed by atoms with van der Waals surface area (Å²) in [5.41, 5.74) is 0.480. The average Bonchev–Trinajstić information content (AvgIpc) is 2.44. The molecule has 0 amide bonds. The molecule has 2 aliphatic rings. The van der Waals surface area contributed by atoms with Crippen molar-refractivity contribution in [3.8, 4) is 0 Å². The van der Waals surface area contributed by atoms with E-state index in [1.165, 1.54) is 57.3 Å². The summed E-state index contributed by atoms with van der Waals surface area (Å²) >= 11 is 0. The monoisotopic (exact) mass is 311 g/mol. The van der Waals surface area contributed by atoms with E-state index < -0.39 is 11.7 Å². The van der Waals surface area contributed by atoms with Crippen molar-refractivity contribution in [1.82, 2.24) is 4.90 Å². The highest BCUT2D eigenvalue weighted by Gasteiger charge is 2.32. The third-order valence-corrected chi connectivity index (χ3v) is 5.31. The number of likely N-dealkylation sites (tertiary alicyclic amines) is 1. The van der Waals surface area contributed by atoms with Gasteiger partial charge in [0, 0.05) is 6.04 Å². The third-order valence-electron chi connectivity index (χ3n) is 5.31. The summed E-state index contributed by atoms with van der Waals surface area (Å²) in [7, 11) is 0. The highest BCUT2D eigenvalue weighted by molar-refractivity contribution is 5.24. The molecule has 1 saturated heterocycles.